The molecule has 0 saturated carbocycles. The molecular weight excluding hydrogens is 340 g/mol. The van der Waals surface area contributed by atoms with Crippen molar-refractivity contribution >= 4 is 11.7 Å². The van der Waals surface area contributed by atoms with E-state index >= 15 is 0 Å². The number of para-hydroxylation sites is 2. The predicted molar refractivity (Wildman–Crippen MR) is 107 cm³/mol. The highest BCUT2D eigenvalue weighted by Crippen LogP contribution is 2.35. The Morgan fingerprint density at radius 3 is 2.63 bits per heavy atom. The van der Waals surface area contributed by atoms with Crippen LogP contribution in [-0.2, 0) is 6.42 Å². The van der Waals surface area contributed by atoms with Gasteiger partial charge in [-0.05, 0) is 23.6 Å². The maximum absolute atomic E-state index is 12.7. The van der Waals surface area contributed by atoms with Gasteiger partial charge in [-0.15, -0.1) is 0 Å². The van der Waals surface area contributed by atoms with Gasteiger partial charge in [0.05, 0.1) is 18.9 Å². The molecule has 27 heavy (non-hydrogen) atoms. The molecule has 3 rings (SSSR count). The maximum atomic E-state index is 12.7. The normalized spacial score (nSPS) is 21.9. The van der Waals surface area contributed by atoms with Crippen molar-refractivity contribution in [3.05, 3.63) is 60.2 Å². The summed E-state index contributed by atoms with van der Waals surface area (Å²) in [6.07, 6.45) is 0.807. The lowest BCUT2D eigenvalue weighted by molar-refractivity contribution is 0.119. The van der Waals surface area contributed by atoms with Gasteiger partial charge < -0.3 is 20.1 Å². The van der Waals surface area contributed by atoms with Crippen molar-refractivity contribution in [2.75, 3.05) is 31.6 Å². The Bertz CT molecular complexity index is 765. The summed E-state index contributed by atoms with van der Waals surface area (Å²) in [5, 5.41) is 12.6. The van der Waals surface area contributed by atoms with E-state index in [1.807, 2.05) is 49.4 Å². The Hall–Kier alpha value is -2.53. The van der Waals surface area contributed by atoms with Gasteiger partial charge in [-0.2, -0.15) is 0 Å². The van der Waals surface area contributed by atoms with Crippen molar-refractivity contribution in [2.24, 2.45) is 11.3 Å². The minimum atomic E-state index is -0.247. The zero-order chi connectivity index (χ0) is 19.3. The van der Waals surface area contributed by atoms with Crippen LogP contribution >= 0.6 is 0 Å². The smallest absolute Gasteiger partial charge is 0.321 e. The first kappa shape index (κ1) is 19.2. The molecule has 1 aliphatic heterocycles. The summed E-state index contributed by atoms with van der Waals surface area (Å²) in [5.41, 5.74) is 1.64. The number of hydrogen-bond donors (Lipinski definition) is 2. The Morgan fingerprint density at radius 1 is 1.22 bits per heavy atom. The lowest BCUT2D eigenvalue weighted by atomic mass is 9.82. The number of hydrogen-bond acceptors (Lipinski definition) is 3. The molecule has 144 valence electrons. The fourth-order valence-electron chi connectivity index (χ4n) is 3.38. The second kappa shape index (κ2) is 8.44. The number of nitrogens with one attached hydrogen (secondary N) is 1. The molecule has 0 aromatic heterocycles. The third kappa shape index (κ3) is 4.61. The quantitative estimate of drug-likeness (QED) is 0.815. The number of rotatable bonds is 6. The van der Waals surface area contributed by atoms with E-state index in [2.05, 4.69) is 24.4 Å². The first-order chi connectivity index (χ1) is 13.0. The van der Waals surface area contributed by atoms with Gasteiger partial charge in [0, 0.05) is 24.9 Å². The molecule has 1 fully saturated rings. The van der Waals surface area contributed by atoms with Crippen LogP contribution in [0, 0.1) is 11.3 Å². The molecule has 5 heteroatoms. The molecule has 2 aromatic carbocycles. The average Bonchev–Trinajstić information content (AvgIpc) is 2.99. The van der Waals surface area contributed by atoms with E-state index in [1.165, 1.54) is 5.56 Å². The second-order valence-corrected chi connectivity index (χ2v) is 7.60. The molecule has 0 bridgehead atoms. The molecule has 2 atom stereocenters. The van der Waals surface area contributed by atoms with Crippen LogP contribution in [0.15, 0.2) is 54.6 Å². The number of benzene rings is 2. The Balaban J connectivity index is 1.60. The topological polar surface area (TPSA) is 61.8 Å². The van der Waals surface area contributed by atoms with E-state index in [9.17, 15) is 9.90 Å². The Morgan fingerprint density at radius 2 is 1.93 bits per heavy atom. The van der Waals surface area contributed by atoms with Crippen LogP contribution in [0.5, 0.6) is 5.75 Å². The van der Waals surface area contributed by atoms with Crippen molar-refractivity contribution in [2.45, 2.75) is 20.3 Å². The van der Waals surface area contributed by atoms with Crippen molar-refractivity contribution in [3.63, 3.8) is 0 Å². The number of urea groups is 1. The first-order valence-electron chi connectivity index (χ1n) is 9.44. The molecule has 0 radical (unpaired) electrons. The lowest BCUT2D eigenvalue weighted by Crippen LogP contribution is -2.35. The summed E-state index contributed by atoms with van der Waals surface area (Å²) in [6.45, 7) is 5.90. The summed E-state index contributed by atoms with van der Waals surface area (Å²) in [6, 6.07) is 17.5. The van der Waals surface area contributed by atoms with Crippen LogP contribution in [0.4, 0.5) is 10.5 Å². The van der Waals surface area contributed by atoms with Gasteiger partial charge in [-0.3, -0.25) is 0 Å². The molecular formula is C22H28N2O3. The number of anilines is 1. The van der Waals surface area contributed by atoms with Crippen molar-refractivity contribution in [1.29, 1.82) is 0 Å². The third-order valence-electron chi connectivity index (χ3n) is 5.50. The van der Waals surface area contributed by atoms with Crippen LogP contribution < -0.4 is 10.1 Å². The molecule has 2 amide bonds. The molecule has 0 aliphatic carbocycles. The summed E-state index contributed by atoms with van der Waals surface area (Å²) >= 11 is 0. The van der Waals surface area contributed by atoms with Gasteiger partial charge in [-0.1, -0.05) is 56.3 Å². The summed E-state index contributed by atoms with van der Waals surface area (Å²) in [4.78, 5) is 14.5. The molecule has 0 spiro atoms. The summed E-state index contributed by atoms with van der Waals surface area (Å²) in [5.74, 6) is 0.921. The minimum absolute atomic E-state index is 0.0805. The van der Waals surface area contributed by atoms with Crippen LogP contribution in [0.2, 0.25) is 0 Å². The SMILES string of the molecule is CC1CN(C(=O)Nc2ccccc2OCCc2ccccc2)CC1(C)CO. The standard InChI is InChI=1S/C22H28N2O3/c1-17-14-24(15-22(17,2)16-25)21(26)23-19-10-6-7-11-20(19)27-13-12-18-8-4-3-5-9-18/h3-11,17,25H,12-16H2,1-2H3,(H,23,26). The van der Waals surface area contributed by atoms with Gasteiger partial charge in [-0.25, -0.2) is 4.79 Å². The van der Waals surface area contributed by atoms with E-state index in [-0.39, 0.29) is 24.0 Å². The van der Waals surface area contributed by atoms with E-state index in [0.717, 1.165) is 6.42 Å². The number of amides is 2. The number of carbonyl (C=O) groups is 1. The molecule has 1 saturated heterocycles. The number of likely N-dealkylation sites (tertiary alicyclic amines) is 1. The van der Waals surface area contributed by atoms with Crippen LogP contribution in [0.3, 0.4) is 0 Å². The Labute approximate surface area is 161 Å². The average molecular weight is 368 g/mol. The highest BCUT2D eigenvalue weighted by molar-refractivity contribution is 5.91. The second-order valence-electron chi connectivity index (χ2n) is 7.60. The van der Waals surface area contributed by atoms with Gasteiger partial charge in [0.25, 0.3) is 0 Å². The molecule has 2 aromatic rings. The van der Waals surface area contributed by atoms with Gasteiger partial charge in [0.1, 0.15) is 5.75 Å². The van der Waals surface area contributed by atoms with Crippen LogP contribution in [-0.4, -0.2) is 42.3 Å². The largest absolute Gasteiger partial charge is 0.491 e. The van der Waals surface area contributed by atoms with E-state index in [1.54, 1.807) is 4.90 Å². The zero-order valence-corrected chi connectivity index (χ0v) is 16.0. The fraction of sp³-hybridized carbons (Fsp3) is 0.409. The van der Waals surface area contributed by atoms with Gasteiger partial charge in [0.15, 0.2) is 0 Å². The van der Waals surface area contributed by atoms with Crippen LogP contribution in [0.1, 0.15) is 19.4 Å². The third-order valence-corrected chi connectivity index (χ3v) is 5.50. The fourth-order valence-corrected chi connectivity index (χ4v) is 3.38. The van der Waals surface area contributed by atoms with Crippen LogP contribution in [0.25, 0.3) is 0 Å². The monoisotopic (exact) mass is 368 g/mol. The van der Waals surface area contributed by atoms with Gasteiger partial charge in [0.2, 0.25) is 0 Å². The van der Waals surface area contributed by atoms with Crippen molar-refractivity contribution in [1.82, 2.24) is 4.90 Å². The van der Waals surface area contributed by atoms with Gasteiger partial charge >= 0.3 is 6.03 Å². The number of nitrogens with zero attached hydrogens (tertiary/aromatic N) is 1. The number of ether oxygens (including phenoxy) is 1. The summed E-state index contributed by atoms with van der Waals surface area (Å²) in [7, 11) is 0. The Kier molecular flexibility index (Phi) is 6.01. The van der Waals surface area contributed by atoms with E-state index in [0.29, 0.717) is 31.1 Å². The number of aliphatic hydroxyl groups is 1. The minimum Gasteiger partial charge on any atom is -0.491 e. The maximum Gasteiger partial charge on any atom is 0.321 e. The zero-order valence-electron chi connectivity index (χ0n) is 16.0. The highest BCUT2D eigenvalue weighted by Gasteiger charge is 2.41. The highest BCUT2D eigenvalue weighted by atomic mass is 16.5. The molecule has 1 aliphatic rings. The predicted octanol–water partition coefficient (Wildman–Crippen LogP) is 3.79. The van der Waals surface area contributed by atoms with Crippen molar-refractivity contribution < 1.29 is 14.6 Å². The lowest BCUT2D eigenvalue weighted by Gasteiger charge is -2.25. The number of aliphatic hydroxyl groups excluding tert-OH is 1. The number of carbonyl (C=O) groups excluding carboxylic acids is 1. The molecule has 2 N–H and O–H groups in total. The van der Waals surface area contributed by atoms with Crippen molar-refractivity contribution in [3.8, 4) is 5.75 Å². The molecule has 2 unspecified atom stereocenters. The first-order valence-corrected chi connectivity index (χ1v) is 9.44. The summed E-state index contributed by atoms with van der Waals surface area (Å²) < 4.78 is 5.91. The molecule has 5 nitrogen and oxygen atoms in total. The van der Waals surface area contributed by atoms with E-state index in [4.69, 9.17) is 4.74 Å². The molecule has 1 heterocycles. The van der Waals surface area contributed by atoms with E-state index < -0.39 is 0 Å².